The Hall–Kier alpha value is -1.25. The normalized spacial score (nSPS) is 10.4. The number of nitrogens with one attached hydrogen (secondary N) is 1. The maximum Gasteiger partial charge on any atom is 0.160 e. The first kappa shape index (κ1) is 13.2. The summed E-state index contributed by atoms with van der Waals surface area (Å²) in [5.74, 6) is -0.584. The summed E-state index contributed by atoms with van der Waals surface area (Å²) < 4.78 is 13.2. The second-order valence-electron chi connectivity index (χ2n) is 4.03. The van der Waals surface area contributed by atoms with Crippen molar-refractivity contribution in [1.82, 2.24) is 0 Å². The lowest BCUT2D eigenvalue weighted by Crippen LogP contribution is -2.01. The Kier molecular flexibility index (Phi) is 4.10. The summed E-state index contributed by atoms with van der Waals surface area (Å²) >= 11 is 11.5. The highest BCUT2D eigenvalue weighted by molar-refractivity contribution is 6.35. The molecule has 0 spiro atoms. The van der Waals surface area contributed by atoms with E-state index < -0.39 is 5.82 Å². The smallest absolute Gasteiger partial charge is 0.160 e. The zero-order valence-electron chi connectivity index (χ0n) is 9.81. The minimum atomic E-state index is -0.584. The van der Waals surface area contributed by atoms with Crippen molar-refractivity contribution >= 4 is 28.9 Å². The summed E-state index contributed by atoms with van der Waals surface area (Å²) in [6.45, 7) is 2.69. The van der Waals surface area contributed by atoms with Crippen LogP contribution in [-0.2, 0) is 6.54 Å². The molecule has 0 radical (unpaired) electrons. The molecule has 0 aliphatic heterocycles. The minimum Gasteiger partial charge on any atom is -0.381 e. The van der Waals surface area contributed by atoms with Crippen LogP contribution >= 0.6 is 23.2 Å². The SMILES string of the molecule is Cc1ccccc1CNc1cc(Cl)c(F)c(Cl)c1. The molecule has 0 bridgehead atoms. The third-order valence-corrected chi connectivity index (χ3v) is 3.28. The lowest BCUT2D eigenvalue weighted by Gasteiger charge is -2.10. The van der Waals surface area contributed by atoms with E-state index in [9.17, 15) is 4.39 Å². The predicted molar refractivity (Wildman–Crippen MR) is 74.9 cm³/mol. The molecule has 0 saturated carbocycles. The van der Waals surface area contributed by atoms with E-state index in [0.29, 0.717) is 12.2 Å². The van der Waals surface area contributed by atoms with E-state index in [4.69, 9.17) is 23.2 Å². The van der Waals surface area contributed by atoms with E-state index in [2.05, 4.69) is 5.32 Å². The molecule has 0 fully saturated rings. The number of hydrogen-bond acceptors (Lipinski definition) is 1. The number of halogens is 3. The molecule has 2 aromatic rings. The van der Waals surface area contributed by atoms with Crippen molar-refractivity contribution in [3.8, 4) is 0 Å². The van der Waals surface area contributed by atoms with Crippen LogP contribution in [0.4, 0.5) is 10.1 Å². The van der Waals surface area contributed by atoms with Gasteiger partial charge in [0.15, 0.2) is 5.82 Å². The number of rotatable bonds is 3. The van der Waals surface area contributed by atoms with Crippen LogP contribution in [0, 0.1) is 12.7 Å². The molecule has 2 rings (SSSR count). The Morgan fingerprint density at radius 1 is 1.11 bits per heavy atom. The maximum absolute atomic E-state index is 13.2. The largest absolute Gasteiger partial charge is 0.381 e. The molecular weight excluding hydrogens is 272 g/mol. The van der Waals surface area contributed by atoms with Crippen molar-refractivity contribution in [2.45, 2.75) is 13.5 Å². The van der Waals surface area contributed by atoms with Gasteiger partial charge in [-0.15, -0.1) is 0 Å². The van der Waals surface area contributed by atoms with Gasteiger partial charge < -0.3 is 5.32 Å². The van der Waals surface area contributed by atoms with Gasteiger partial charge >= 0.3 is 0 Å². The molecule has 1 N–H and O–H groups in total. The van der Waals surface area contributed by atoms with E-state index in [0.717, 1.165) is 0 Å². The van der Waals surface area contributed by atoms with Gasteiger partial charge in [0.2, 0.25) is 0 Å². The first-order valence-corrected chi connectivity index (χ1v) is 6.26. The molecule has 18 heavy (non-hydrogen) atoms. The van der Waals surface area contributed by atoms with Gasteiger partial charge in [-0.25, -0.2) is 4.39 Å². The van der Waals surface area contributed by atoms with Crippen LogP contribution in [0.5, 0.6) is 0 Å². The predicted octanol–water partition coefficient (Wildman–Crippen LogP) is 5.05. The second-order valence-corrected chi connectivity index (χ2v) is 4.85. The molecule has 0 aliphatic rings. The van der Waals surface area contributed by atoms with Crippen molar-refractivity contribution in [2.24, 2.45) is 0 Å². The summed E-state index contributed by atoms with van der Waals surface area (Å²) in [6, 6.07) is 11.1. The summed E-state index contributed by atoms with van der Waals surface area (Å²) in [5, 5.41) is 3.22. The topological polar surface area (TPSA) is 12.0 Å². The van der Waals surface area contributed by atoms with Crippen molar-refractivity contribution in [2.75, 3.05) is 5.32 Å². The van der Waals surface area contributed by atoms with Gasteiger partial charge in [-0.05, 0) is 30.2 Å². The standard InChI is InChI=1S/C14H12Cl2FN/c1-9-4-2-3-5-10(9)8-18-11-6-12(15)14(17)13(16)7-11/h2-7,18H,8H2,1H3. The number of hydrogen-bond donors (Lipinski definition) is 1. The number of anilines is 1. The average Bonchev–Trinajstić information content (AvgIpc) is 2.35. The number of benzene rings is 2. The van der Waals surface area contributed by atoms with Crippen molar-refractivity contribution in [1.29, 1.82) is 0 Å². The summed E-state index contributed by atoms with van der Waals surface area (Å²) in [6.07, 6.45) is 0. The first-order chi connectivity index (χ1) is 8.58. The molecule has 0 saturated heterocycles. The highest BCUT2D eigenvalue weighted by atomic mass is 35.5. The summed E-state index contributed by atoms with van der Waals surface area (Å²) in [5.41, 5.74) is 3.08. The zero-order chi connectivity index (χ0) is 13.1. The van der Waals surface area contributed by atoms with E-state index in [1.165, 1.54) is 23.3 Å². The van der Waals surface area contributed by atoms with Crippen molar-refractivity contribution < 1.29 is 4.39 Å². The van der Waals surface area contributed by atoms with Gasteiger partial charge in [-0.1, -0.05) is 47.5 Å². The molecule has 2 aromatic carbocycles. The van der Waals surface area contributed by atoms with Crippen LogP contribution in [0.2, 0.25) is 10.0 Å². The van der Waals surface area contributed by atoms with Crippen LogP contribution in [0.25, 0.3) is 0 Å². The molecule has 4 heteroatoms. The van der Waals surface area contributed by atoms with E-state index in [-0.39, 0.29) is 10.0 Å². The molecular formula is C14H12Cl2FN. The second kappa shape index (κ2) is 5.59. The summed E-state index contributed by atoms with van der Waals surface area (Å²) in [4.78, 5) is 0. The van der Waals surface area contributed by atoms with Gasteiger partial charge in [0.1, 0.15) is 0 Å². The van der Waals surface area contributed by atoms with Crippen molar-refractivity contribution in [3.05, 3.63) is 63.4 Å². The van der Waals surface area contributed by atoms with Gasteiger partial charge in [-0.3, -0.25) is 0 Å². The Balaban J connectivity index is 2.14. The Labute approximate surface area is 116 Å². The molecule has 0 aliphatic carbocycles. The quantitative estimate of drug-likeness (QED) is 0.777. The van der Waals surface area contributed by atoms with E-state index in [1.54, 1.807) is 0 Å². The van der Waals surface area contributed by atoms with Gasteiger partial charge in [-0.2, -0.15) is 0 Å². The van der Waals surface area contributed by atoms with Crippen LogP contribution in [0.3, 0.4) is 0 Å². The lowest BCUT2D eigenvalue weighted by molar-refractivity contribution is 0.629. The van der Waals surface area contributed by atoms with Crippen LogP contribution in [-0.4, -0.2) is 0 Å². The van der Waals surface area contributed by atoms with Crippen LogP contribution in [0.1, 0.15) is 11.1 Å². The monoisotopic (exact) mass is 283 g/mol. The fourth-order valence-electron chi connectivity index (χ4n) is 1.66. The molecule has 1 nitrogen and oxygen atoms in total. The maximum atomic E-state index is 13.2. The van der Waals surface area contributed by atoms with Gasteiger partial charge in [0.25, 0.3) is 0 Å². The van der Waals surface area contributed by atoms with Gasteiger partial charge in [0.05, 0.1) is 10.0 Å². The molecule has 0 aromatic heterocycles. The summed E-state index contributed by atoms with van der Waals surface area (Å²) in [7, 11) is 0. The minimum absolute atomic E-state index is 0.0229. The van der Waals surface area contributed by atoms with E-state index in [1.807, 2.05) is 31.2 Å². The zero-order valence-corrected chi connectivity index (χ0v) is 11.3. The van der Waals surface area contributed by atoms with Gasteiger partial charge in [0, 0.05) is 12.2 Å². The van der Waals surface area contributed by atoms with E-state index >= 15 is 0 Å². The third-order valence-electron chi connectivity index (χ3n) is 2.73. The molecule has 0 atom stereocenters. The average molecular weight is 284 g/mol. The Bertz CT molecular complexity index is 546. The van der Waals surface area contributed by atoms with Crippen LogP contribution in [0.15, 0.2) is 36.4 Å². The highest BCUT2D eigenvalue weighted by Crippen LogP contribution is 2.27. The van der Waals surface area contributed by atoms with Crippen LogP contribution < -0.4 is 5.32 Å². The molecule has 0 unspecified atom stereocenters. The lowest BCUT2D eigenvalue weighted by atomic mass is 10.1. The van der Waals surface area contributed by atoms with Crippen molar-refractivity contribution in [3.63, 3.8) is 0 Å². The third kappa shape index (κ3) is 2.95. The first-order valence-electron chi connectivity index (χ1n) is 5.51. The Morgan fingerprint density at radius 2 is 1.72 bits per heavy atom. The fourth-order valence-corrected chi connectivity index (χ4v) is 2.15. The highest BCUT2D eigenvalue weighted by Gasteiger charge is 2.07. The Morgan fingerprint density at radius 3 is 2.33 bits per heavy atom. The molecule has 0 amide bonds. The number of aryl methyl sites for hydroxylation is 1. The molecule has 94 valence electrons. The molecule has 0 heterocycles. The fraction of sp³-hybridized carbons (Fsp3) is 0.143.